The van der Waals surface area contributed by atoms with Crippen LogP contribution < -0.4 is 5.32 Å². The number of esters is 1. The Balaban J connectivity index is 1.53. The number of amides is 2. The fourth-order valence-corrected chi connectivity index (χ4v) is 3.43. The molecule has 0 aliphatic carbocycles. The highest BCUT2D eigenvalue weighted by Gasteiger charge is 2.14. The third-order valence-electron chi connectivity index (χ3n) is 5.16. The smallest absolute Gasteiger partial charge is 0.338 e. The highest BCUT2D eigenvalue weighted by molar-refractivity contribution is 5.97. The molecule has 8 heteroatoms. The van der Waals surface area contributed by atoms with Gasteiger partial charge in [0, 0.05) is 30.0 Å². The van der Waals surface area contributed by atoms with E-state index in [1.54, 1.807) is 58.1 Å². The Morgan fingerprint density at radius 1 is 0.939 bits per heavy atom. The number of hydrogen-bond acceptors (Lipinski definition) is 5. The number of benzene rings is 2. The van der Waals surface area contributed by atoms with Crippen molar-refractivity contribution in [3.63, 3.8) is 0 Å². The Morgan fingerprint density at radius 2 is 1.55 bits per heavy atom. The van der Waals surface area contributed by atoms with E-state index in [0.29, 0.717) is 29.9 Å². The maximum Gasteiger partial charge on any atom is 0.338 e. The van der Waals surface area contributed by atoms with E-state index in [-0.39, 0.29) is 5.91 Å². The Morgan fingerprint density at radius 3 is 2.09 bits per heavy atom. The van der Waals surface area contributed by atoms with Gasteiger partial charge in [0.2, 0.25) is 0 Å². The number of carbonyl (C=O) groups excluding carboxylic acids is 3. The number of anilines is 1. The summed E-state index contributed by atoms with van der Waals surface area (Å²) in [6.07, 6.45) is 0. The maximum absolute atomic E-state index is 12.3. The minimum atomic E-state index is -0.592. The van der Waals surface area contributed by atoms with Crippen LogP contribution in [0.15, 0.2) is 54.6 Å². The third kappa shape index (κ3) is 5.85. The molecule has 0 aliphatic heterocycles. The first kappa shape index (κ1) is 23.7. The van der Waals surface area contributed by atoms with Gasteiger partial charge in [-0.25, -0.2) is 9.48 Å². The summed E-state index contributed by atoms with van der Waals surface area (Å²) in [6, 6.07) is 15.4. The van der Waals surface area contributed by atoms with Crippen LogP contribution in [0.2, 0.25) is 0 Å². The zero-order chi connectivity index (χ0) is 24.0. The molecular formula is C25H28N4O4. The van der Waals surface area contributed by atoms with Crippen LogP contribution in [0, 0.1) is 13.8 Å². The van der Waals surface area contributed by atoms with Crippen molar-refractivity contribution in [1.82, 2.24) is 14.7 Å². The molecule has 0 spiro atoms. The number of carbonyl (C=O) groups is 3. The van der Waals surface area contributed by atoms with E-state index in [0.717, 1.165) is 17.1 Å². The van der Waals surface area contributed by atoms with Gasteiger partial charge in [-0.1, -0.05) is 0 Å². The molecule has 0 fully saturated rings. The monoisotopic (exact) mass is 448 g/mol. The third-order valence-corrected chi connectivity index (χ3v) is 5.16. The first-order valence-electron chi connectivity index (χ1n) is 10.8. The number of hydrogen-bond donors (Lipinski definition) is 1. The fraction of sp³-hybridized carbons (Fsp3) is 0.280. The van der Waals surface area contributed by atoms with Crippen LogP contribution in [0.1, 0.15) is 46.0 Å². The van der Waals surface area contributed by atoms with Gasteiger partial charge in [0.25, 0.3) is 11.8 Å². The molecule has 2 aromatic carbocycles. The molecule has 0 bridgehead atoms. The van der Waals surface area contributed by atoms with Gasteiger partial charge in [-0.2, -0.15) is 5.10 Å². The fourth-order valence-electron chi connectivity index (χ4n) is 3.43. The molecule has 8 nitrogen and oxygen atoms in total. The second kappa shape index (κ2) is 10.6. The van der Waals surface area contributed by atoms with E-state index in [2.05, 4.69) is 10.4 Å². The highest BCUT2D eigenvalue weighted by Crippen LogP contribution is 2.14. The van der Waals surface area contributed by atoms with Crippen LogP contribution in [0.25, 0.3) is 5.69 Å². The Kier molecular flexibility index (Phi) is 7.61. The van der Waals surface area contributed by atoms with E-state index in [1.807, 2.05) is 33.8 Å². The molecule has 0 saturated heterocycles. The lowest BCUT2D eigenvalue weighted by Gasteiger charge is -2.18. The van der Waals surface area contributed by atoms with E-state index in [9.17, 15) is 14.4 Å². The summed E-state index contributed by atoms with van der Waals surface area (Å²) < 4.78 is 6.91. The second-order valence-electron chi connectivity index (χ2n) is 7.56. The highest BCUT2D eigenvalue weighted by atomic mass is 16.5. The van der Waals surface area contributed by atoms with Gasteiger partial charge >= 0.3 is 5.97 Å². The number of nitrogens with zero attached hydrogens (tertiary/aromatic N) is 3. The number of rotatable bonds is 8. The van der Waals surface area contributed by atoms with Crippen molar-refractivity contribution in [1.29, 1.82) is 0 Å². The molecule has 0 radical (unpaired) electrons. The lowest BCUT2D eigenvalue weighted by molar-refractivity contribution is -0.119. The number of ether oxygens (including phenoxy) is 1. The first-order valence-corrected chi connectivity index (χ1v) is 10.8. The molecule has 2 amide bonds. The summed E-state index contributed by atoms with van der Waals surface area (Å²) >= 11 is 0. The van der Waals surface area contributed by atoms with Crippen molar-refractivity contribution in [2.45, 2.75) is 27.7 Å². The summed E-state index contributed by atoms with van der Waals surface area (Å²) in [7, 11) is 0. The van der Waals surface area contributed by atoms with Crippen molar-refractivity contribution < 1.29 is 19.1 Å². The number of aromatic nitrogens is 2. The van der Waals surface area contributed by atoms with Gasteiger partial charge in [0.05, 0.1) is 16.9 Å². The van der Waals surface area contributed by atoms with E-state index >= 15 is 0 Å². The van der Waals surface area contributed by atoms with Crippen LogP contribution in [-0.2, 0) is 9.53 Å². The van der Waals surface area contributed by atoms with Crippen molar-refractivity contribution in [2.75, 3.05) is 25.0 Å². The Labute approximate surface area is 193 Å². The van der Waals surface area contributed by atoms with Gasteiger partial charge in [-0.05, 0) is 82.3 Å². The standard InChI is InChI=1S/C25H28N4O4/c1-5-28(6-2)24(31)19-7-11-21(12-8-19)26-23(30)16-33-25(32)20-9-13-22(14-10-20)29-18(4)15-17(3)27-29/h7-15H,5-6,16H2,1-4H3,(H,26,30). The maximum atomic E-state index is 12.3. The average Bonchev–Trinajstić information content (AvgIpc) is 3.16. The zero-order valence-electron chi connectivity index (χ0n) is 19.3. The Hall–Kier alpha value is -3.94. The van der Waals surface area contributed by atoms with Crippen LogP contribution in [0.5, 0.6) is 0 Å². The summed E-state index contributed by atoms with van der Waals surface area (Å²) in [6.45, 7) is 8.56. The number of nitrogens with one attached hydrogen (secondary N) is 1. The number of aryl methyl sites for hydroxylation is 2. The molecule has 0 unspecified atom stereocenters. The molecule has 33 heavy (non-hydrogen) atoms. The molecule has 0 atom stereocenters. The molecule has 1 N–H and O–H groups in total. The predicted octanol–water partition coefficient (Wildman–Crippen LogP) is 3.77. The van der Waals surface area contributed by atoms with Gasteiger partial charge in [-0.3, -0.25) is 9.59 Å². The SMILES string of the molecule is CCN(CC)C(=O)c1ccc(NC(=O)COC(=O)c2ccc(-n3nc(C)cc3C)cc2)cc1. The topological polar surface area (TPSA) is 93.5 Å². The van der Waals surface area contributed by atoms with Crippen molar-refractivity contribution >= 4 is 23.5 Å². The molecular weight excluding hydrogens is 420 g/mol. The first-order chi connectivity index (χ1) is 15.8. The molecule has 0 saturated carbocycles. The predicted molar refractivity (Wildman–Crippen MR) is 126 cm³/mol. The second-order valence-corrected chi connectivity index (χ2v) is 7.56. The van der Waals surface area contributed by atoms with Crippen molar-refractivity contribution in [3.8, 4) is 5.69 Å². The van der Waals surface area contributed by atoms with Crippen molar-refractivity contribution in [2.24, 2.45) is 0 Å². The van der Waals surface area contributed by atoms with Crippen molar-refractivity contribution in [3.05, 3.63) is 77.1 Å². The van der Waals surface area contributed by atoms with Gasteiger partial charge in [0.1, 0.15) is 0 Å². The zero-order valence-corrected chi connectivity index (χ0v) is 19.3. The summed E-state index contributed by atoms with van der Waals surface area (Å²) in [5.74, 6) is -1.12. The summed E-state index contributed by atoms with van der Waals surface area (Å²) in [5, 5.41) is 7.07. The van der Waals surface area contributed by atoms with Crippen LogP contribution >= 0.6 is 0 Å². The minimum absolute atomic E-state index is 0.0596. The van der Waals surface area contributed by atoms with E-state index < -0.39 is 18.5 Å². The van der Waals surface area contributed by atoms with Gasteiger partial charge in [-0.15, -0.1) is 0 Å². The average molecular weight is 449 g/mol. The molecule has 1 aromatic heterocycles. The normalized spacial score (nSPS) is 10.5. The lowest BCUT2D eigenvalue weighted by atomic mass is 10.1. The quantitative estimate of drug-likeness (QED) is 0.530. The molecule has 3 rings (SSSR count). The summed E-state index contributed by atoms with van der Waals surface area (Å²) in [5.41, 5.74) is 4.13. The molecule has 3 aromatic rings. The van der Waals surface area contributed by atoms with Gasteiger partial charge < -0.3 is 15.0 Å². The lowest BCUT2D eigenvalue weighted by Crippen LogP contribution is -2.30. The van der Waals surface area contributed by atoms with Crippen LogP contribution in [0.3, 0.4) is 0 Å². The van der Waals surface area contributed by atoms with Crippen LogP contribution in [0.4, 0.5) is 5.69 Å². The van der Waals surface area contributed by atoms with E-state index in [4.69, 9.17) is 4.74 Å². The summed E-state index contributed by atoms with van der Waals surface area (Å²) in [4.78, 5) is 38.5. The molecule has 172 valence electrons. The largest absolute Gasteiger partial charge is 0.452 e. The molecule has 1 heterocycles. The minimum Gasteiger partial charge on any atom is -0.452 e. The van der Waals surface area contributed by atoms with Gasteiger partial charge in [0.15, 0.2) is 6.61 Å². The Bertz CT molecular complexity index is 1130. The van der Waals surface area contributed by atoms with Crippen LogP contribution in [-0.4, -0.2) is 52.2 Å². The van der Waals surface area contributed by atoms with E-state index in [1.165, 1.54) is 0 Å². The molecule has 0 aliphatic rings.